The molecule has 1 heterocycles. The summed E-state index contributed by atoms with van der Waals surface area (Å²) in [5.41, 5.74) is 1.47. The molecule has 1 amide bonds. The summed E-state index contributed by atoms with van der Waals surface area (Å²) < 4.78 is 0. The summed E-state index contributed by atoms with van der Waals surface area (Å²) in [5.74, 6) is -0.379. The Hall–Kier alpha value is -3.41. The number of hydrogen-bond donors (Lipinski definition) is 3. The molecule has 2 aromatic carbocycles. The highest BCUT2D eigenvalue weighted by atomic mass is 16.4. The number of carboxylic acids is 1. The molecule has 148 valence electrons. The fourth-order valence-corrected chi connectivity index (χ4v) is 3.80. The topological polar surface area (TPSA) is 91.3 Å². The van der Waals surface area contributed by atoms with E-state index in [0.717, 1.165) is 42.4 Å². The molecule has 1 aromatic heterocycles. The fourth-order valence-electron chi connectivity index (χ4n) is 3.80. The number of aromatic carboxylic acids is 1. The third-order valence-electron chi connectivity index (χ3n) is 5.38. The number of carbonyl (C=O) groups is 2. The first-order valence-corrected chi connectivity index (χ1v) is 9.85. The molecular weight excluding hydrogens is 366 g/mol. The third kappa shape index (κ3) is 4.54. The molecule has 1 aliphatic carbocycles. The Morgan fingerprint density at radius 3 is 2.38 bits per heavy atom. The number of nitrogens with one attached hydrogen (secondary N) is 2. The predicted molar refractivity (Wildman–Crippen MR) is 112 cm³/mol. The number of carbonyl (C=O) groups excluding carboxylic acids is 1. The monoisotopic (exact) mass is 389 g/mol. The maximum absolute atomic E-state index is 12.5. The van der Waals surface area contributed by atoms with Crippen molar-refractivity contribution in [2.24, 2.45) is 0 Å². The van der Waals surface area contributed by atoms with E-state index in [4.69, 9.17) is 5.11 Å². The summed E-state index contributed by atoms with van der Waals surface area (Å²) in [5, 5.41) is 16.7. The van der Waals surface area contributed by atoms with Crippen molar-refractivity contribution in [3.63, 3.8) is 0 Å². The van der Waals surface area contributed by atoms with Gasteiger partial charge in [-0.2, -0.15) is 0 Å². The maximum Gasteiger partial charge on any atom is 0.335 e. The number of para-hydroxylation sites is 1. The van der Waals surface area contributed by atoms with E-state index in [1.165, 1.54) is 12.1 Å². The lowest BCUT2D eigenvalue weighted by Gasteiger charge is -2.30. The predicted octanol–water partition coefficient (Wildman–Crippen LogP) is 4.09. The number of amides is 1. The lowest BCUT2D eigenvalue weighted by molar-refractivity contribution is 0.0697. The average molecular weight is 389 g/mol. The van der Waals surface area contributed by atoms with E-state index in [2.05, 4.69) is 21.7 Å². The first-order valence-electron chi connectivity index (χ1n) is 9.85. The number of carboxylic acid groups (broad SMARTS) is 1. The molecule has 0 spiro atoms. The van der Waals surface area contributed by atoms with Crippen LogP contribution in [0.3, 0.4) is 0 Å². The Bertz CT molecular complexity index is 1040. The molecule has 6 nitrogen and oxygen atoms in total. The van der Waals surface area contributed by atoms with E-state index < -0.39 is 5.97 Å². The molecule has 0 radical (unpaired) electrons. The van der Waals surface area contributed by atoms with E-state index in [-0.39, 0.29) is 17.5 Å². The minimum absolute atomic E-state index is 0.0959. The number of nitrogens with zero attached hydrogens (tertiary/aromatic N) is 1. The lowest BCUT2D eigenvalue weighted by atomic mass is 9.91. The molecule has 3 N–H and O–H groups in total. The second kappa shape index (κ2) is 8.31. The van der Waals surface area contributed by atoms with Crippen molar-refractivity contribution in [2.75, 3.05) is 5.32 Å². The zero-order valence-electron chi connectivity index (χ0n) is 16.0. The summed E-state index contributed by atoms with van der Waals surface area (Å²) in [7, 11) is 0. The highest BCUT2D eigenvalue weighted by Gasteiger charge is 2.23. The Morgan fingerprint density at radius 1 is 0.862 bits per heavy atom. The average Bonchev–Trinajstić information content (AvgIpc) is 2.75. The molecule has 0 bridgehead atoms. The molecule has 6 heteroatoms. The van der Waals surface area contributed by atoms with Gasteiger partial charge in [0.25, 0.3) is 5.91 Å². The van der Waals surface area contributed by atoms with Crippen molar-refractivity contribution in [2.45, 2.75) is 37.8 Å². The van der Waals surface area contributed by atoms with Gasteiger partial charge < -0.3 is 15.7 Å². The highest BCUT2D eigenvalue weighted by Crippen LogP contribution is 2.23. The van der Waals surface area contributed by atoms with E-state index in [0.29, 0.717) is 11.6 Å². The Balaban J connectivity index is 1.31. The zero-order valence-corrected chi connectivity index (χ0v) is 16.0. The van der Waals surface area contributed by atoms with Gasteiger partial charge in [0.15, 0.2) is 0 Å². The first-order chi connectivity index (χ1) is 14.1. The van der Waals surface area contributed by atoms with Gasteiger partial charge in [-0.05, 0) is 62.1 Å². The normalized spacial score (nSPS) is 18.9. The number of fused-ring (bicyclic) bond motifs is 1. The van der Waals surface area contributed by atoms with Crippen molar-refractivity contribution in [1.29, 1.82) is 0 Å². The summed E-state index contributed by atoms with van der Waals surface area (Å²) in [6.07, 6.45) is 3.62. The molecule has 0 unspecified atom stereocenters. The van der Waals surface area contributed by atoms with Gasteiger partial charge in [-0.25, -0.2) is 9.78 Å². The summed E-state index contributed by atoms with van der Waals surface area (Å²) in [4.78, 5) is 28.2. The molecule has 1 saturated carbocycles. The van der Waals surface area contributed by atoms with Gasteiger partial charge in [0.2, 0.25) is 0 Å². The van der Waals surface area contributed by atoms with Gasteiger partial charge >= 0.3 is 5.97 Å². The minimum Gasteiger partial charge on any atom is -0.478 e. The van der Waals surface area contributed by atoms with Gasteiger partial charge in [0.1, 0.15) is 5.82 Å². The van der Waals surface area contributed by atoms with Crippen LogP contribution in [0.15, 0.2) is 60.7 Å². The number of benzene rings is 2. The molecule has 0 atom stereocenters. The smallest absolute Gasteiger partial charge is 0.335 e. The molecular formula is C23H23N3O3. The molecule has 4 rings (SSSR count). The van der Waals surface area contributed by atoms with Crippen LogP contribution in [-0.4, -0.2) is 34.1 Å². The second-order valence-electron chi connectivity index (χ2n) is 7.44. The van der Waals surface area contributed by atoms with Crippen molar-refractivity contribution in [3.05, 3.63) is 71.8 Å². The van der Waals surface area contributed by atoms with Crippen LogP contribution in [0, 0.1) is 0 Å². The van der Waals surface area contributed by atoms with Crippen molar-refractivity contribution in [3.8, 4) is 0 Å². The summed E-state index contributed by atoms with van der Waals surface area (Å²) in [6.45, 7) is 0. The van der Waals surface area contributed by atoms with Crippen molar-refractivity contribution >= 4 is 28.6 Å². The number of hydrogen-bond acceptors (Lipinski definition) is 4. The van der Waals surface area contributed by atoms with Gasteiger partial charge in [-0.3, -0.25) is 4.79 Å². The molecule has 1 fully saturated rings. The van der Waals surface area contributed by atoms with E-state index in [9.17, 15) is 9.59 Å². The number of rotatable bonds is 5. The SMILES string of the molecule is O=C(O)c1cccc(C(=O)NC2CCC(Nc3ccc4ccccc4n3)CC2)c1. The van der Waals surface area contributed by atoms with Gasteiger partial charge in [0, 0.05) is 23.0 Å². The molecule has 29 heavy (non-hydrogen) atoms. The Morgan fingerprint density at radius 2 is 1.59 bits per heavy atom. The number of pyridine rings is 1. The van der Waals surface area contributed by atoms with Gasteiger partial charge in [0.05, 0.1) is 11.1 Å². The molecule has 1 aliphatic rings. The van der Waals surface area contributed by atoms with Crippen LogP contribution >= 0.6 is 0 Å². The van der Waals surface area contributed by atoms with Gasteiger partial charge in [-0.1, -0.05) is 24.3 Å². The maximum atomic E-state index is 12.5. The van der Waals surface area contributed by atoms with Crippen LogP contribution in [-0.2, 0) is 0 Å². The Kier molecular flexibility index (Phi) is 5.42. The van der Waals surface area contributed by atoms with Crippen LogP contribution in [0.2, 0.25) is 0 Å². The van der Waals surface area contributed by atoms with Crippen LogP contribution in [0.25, 0.3) is 10.9 Å². The van der Waals surface area contributed by atoms with Gasteiger partial charge in [-0.15, -0.1) is 0 Å². The zero-order chi connectivity index (χ0) is 20.2. The van der Waals surface area contributed by atoms with Crippen LogP contribution < -0.4 is 10.6 Å². The summed E-state index contributed by atoms with van der Waals surface area (Å²) >= 11 is 0. The largest absolute Gasteiger partial charge is 0.478 e. The second-order valence-corrected chi connectivity index (χ2v) is 7.44. The Labute approximate surface area is 169 Å². The third-order valence-corrected chi connectivity index (χ3v) is 5.38. The molecule has 0 saturated heterocycles. The van der Waals surface area contributed by atoms with Crippen LogP contribution in [0.4, 0.5) is 5.82 Å². The van der Waals surface area contributed by atoms with Crippen molar-refractivity contribution in [1.82, 2.24) is 10.3 Å². The molecule has 0 aliphatic heterocycles. The summed E-state index contributed by atoms with van der Waals surface area (Å²) in [6, 6.07) is 18.7. The highest BCUT2D eigenvalue weighted by molar-refractivity contribution is 5.97. The van der Waals surface area contributed by atoms with Crippen molar-refractivity contribution < 1.29 is 14.7 Å². The van der Waals surface area contributed by atoms with Crippen LogP contribution in [0.5, 0.6) is 0 Å². The van der Waals surface area contributed by atoms with E-state index in [1.54, 1.807) is 12.1 Å². The number of anilines is 1. The fraction of sp³-hybridized carbons (Fsp3) is 0.261. The number of aromatic nitrogens is 1. The van der Waals surface area contributed by atoms with Crippen LogP contribution in [0.1, 0.15) is 46.4 Å². The lowest BCUT2D eigenvalue weighted by Crippen LogP contribution is -2.40. The van der Waals surface area contributed by atoms with E-state index >= 15 is 0 Å². The van der Waals surface area contributed by atoms with E-state index in [1.807, 2.05) is 30.3 Å². The minimum atomic E-state index is -1.03. The first kappa shape index (κ1) is 18.9. The molecule has 3 aromatic rings. The quantitative estimate of drug-likeness (QED) is 0.611. The standard InChI is InChI=1S/C23H23N3O3/c27-22(16-5-3-6-17(14-16)23(28)29)25-19-11-9-18(10-12-19)24-21-13-8-15-4-1-2-7-20(15)26-21/h1-8,13-14,18-19H,9-12H2,(H,24,26)(H,25,27)(H,28,29).